The molecule has 2 heteroatoms. The summed E-state index contributed by atoms with van der Waals surface area (Å²) in [5, 5.41) is 2.79. The quantitative estimate of drug-likeness (QED) is 0.819. The van der Waals surface area contributed by atoms with Gasteiger partial charge in [-0.15, -0.1) is 0 Å². The normalized spacial score (nSPS) is 26.7. The molecule has 1 heterocycles. The van der Waals surface area contributed by atoms with E-state index in [0.29, 0.717) is 0 Å². The zero-order valence-corrected chi connectivity index (χ0v) is 15.0. The number of hydrogen-bond acceptors (Lipinski definition) is 2. The smallest absolute Gasteiger partial charge is 0.0240 e. The fourth-order valence-corrected chi connectivity index (χ4v) is 4.69. The summed E-state index contributed by atoms with van der Waals surface area (Å²) in [5.41, 5.74) is 1.48. The molecule has 24 heavy (non-hydrogen) atoms. The molecule has 1 saturated heterocycles. The zero-order valence-electron chi connectivity index (χ0n) is 15.0. The summed E-state index contributed by atoms with van der Waals surface area (Å²) < 4.78 is 0. The van der Waals surface area contributed by atoms with Crippen LogP contribution < -0.4 is 0 Å². The highest BCUT2D eigenvalue weighted by Crippen LogP contribution is 2.28. The van der Waals surface area contributed by atoms with Crippen molar-refractivity contribution >= 4 is 10.8 Å². The first kappa shape index (κ1) is 16.1. The fraction of sp³-hybridized carbons (Fsp3) is 0.545. The van der Waals surface area contributed by atoms with E-state index in [-0.39, 0.29) is 0 Å². The SMILES string of the molecule is C[C@H]1CCC[C@H](N2CCN(Cc3cccc4ccccc34)CC2)C1. The molecule has 1 saturated carbocycles. The van der Waals surface area contributed by atoms with Crippen molar-refractivity contribution in [3.63, 3.8) is 0 Å². The van der Waals surface area contributed by atoms with E-state index in [1.54, 1.807) is 0 Å². The first-order valence-electron chi connectivity index (χ1n) is 9.72. The molecule has 0 amide bonds. The predicted molar refractivity (Wildman–Crippen MR) is 102 cm³/mol. The van der Waals surface area contributed by atoms with Gasteiger partial charge in [-0.25, -0.2) is 0 Å². The van der Waals surface area contributed by atoms with Crippen LogP contribution >= 0.6 is 0 Å². The van der Waals surface area contributed by atoms with Crippen LogP contribution in [0.15, 0.2) is 42.5 Å². The molecule has 1 aliphatic carbocycles. The van der Waals surface area contributed by atoms with Crippen molar-refractivity contribution in [2.75, 3.05) is 26.2 Å². The molecule has 0 spiro atoms. The Morgan fingerprint density at radius 3 is 2.54 bits per heavy atom. The third kappa shape index (κ3) is 3.50. The summed E-state index contributed by atoms with van der Waals surface area (Å²) in [6.45, 7) is 8.46. The van der Waals surface area contributed by atoms with E-state index in [9.17, 15) is 0 Å². The topological polar surface area (TPSA) is 6.48 Å². The Kier molecular flexibility index (Phi) is 4.86. The lowest BCUT2D eigenvalue weighted by Gasteiger charge is -2.42. The first-order valence-corrected chi connectivity index (χ1v) is 9.72. The first-order chi connectivity index (χ1) is 11.8. The Balaban J connectivity index is 1.37. The number of piperazine rings is 1. The zero-order chi connectivity index (χ0) is 16.4. The summed E-state index contributed by atoms with van der Waals surface area (Å²) in [6, 6.07) is 16.4. The molecular formula is C22H30N2. The summed E-state index contributed by atoms with van der Waals surface area (Å²) in [7, 11) is 0. The van der Waals surface area contributed by atoms with Crippen LogP contribution in [-0.4, -0.2) is 42.0 Å². The summed E-state index contributed by atoms with van der Waals surface area (Å²) >= 11 is 0. The second-order valence-corrected chi connectivity index (χ2v) is 7.88. The van der Waals surface area contributed by atoms with E-state index in [4.69, 9.17) is 0 Å². The van der Waals surface area contributed by atoms with Gasteiger partial charge in [-0.3, -0.25) is 9.80 Å². The minimum atomic E-state index is 0.855. The van der Waals surface area contributed by atoms with Crippen LogP contribution in [0.3, 0.4) is 0 Å². The second-order valence-electron chi connectivity index (χ2n) is 7.88. The maximum atomic E-state index is 2.77. The van der Waals surface area contributed by atoms with Crippen LogP contribution in [0.2, 0.25) is 0 Å². The van der Waals surface area contributed by atoms with Crippen LogP contribution in [0.1, 0.15) is 38.2 Å². The molecule has 128 valence electrons. The Morgan fingerprint density at radius 2 is 1.71 bits per heavy atom. The lowest BCUT2D eigenvalue weighted by atomic mass is 9.86. The Morgan fingerprint density at radius 1 is 0.917 bits per heavy atom. The molecule has 2 nitrogen and oxygen atoms in total. The lowest BCUT2D eigenvalue weighted by Crippen LogP contribution is -2.50. The largest absolute Gasteiger partial charge is 0.298 e. The van der Waals surface area contributed by atoms with Crippen LogP contribution in [0.4, 0.5) is 0 Å². The van der Waals surface area contributed by atoms with Gasteiger partial charge in [-0.1, -0.05) is 62.2 Å². The number of fused-ring (bicyclic) bond motifs is 1. The van der Waals surface area contributed by atoms with E-state index >= 15 is 0 Å². The van der Waals surface area contributed by atoms with Gasteiger partial charge in [-0.05, 0) is 35.1 Å². The predicted octanol–water partition coefficient (Wildman–Crippen LogP) is 4.54. The average molecular weight is 322 g/mol. The second kappa shape index (κ2) is 7.25. The Labute approximate surface area is 146 Å². The molecule has 2 aromatic carbocycles. The Bertz CT molecular complexity index is 667. The average Bonchev–Trinajstić information content (AvgIpc) is 2.63. The highest BCUT2D eigenvalue weighted by molar-refractivity contribution is 5.85. The van der Waals surface area contributed by atoms with Gasteiger partial charge in [0, 0.05) is 38.8 Å². The minimum absolute atomic E-state index is 0.855. The van der Waals surface area contributed by atoms with E-state index < -0.39 is 0 Å². The maximum absolute atomic E-state index is 2.77. The molecule has 0 unspecified atom stereocenters. The summed E-state index contributed by atoms with van der Waals surface area (Å²) in [5.74, 6) is 0.928. The summed E-state index contributed by atoms with van der Waals surface area (Å²) in [6.07, 6.45) is 5.72. The maximum Gasteiger partial charge on any atom is 0.0240 e. The van der Waals surface area contributed by atoms with Crippen molar-refractivity contribution in [1.82, 2.24) is 9.80 Å². The number of rotatable bonds is 3. The van der Waals surface area contributed by atoms with Crippen LogP contribution in [0.5, 0.6) is 0 Å². The van der Waals surface area contributed by atoms with Gasteiger partial charge in [0.25, 0.3) is 0 Å². The molecule has 0 radical (unpaired) electrons. The van der Waals surface area contributed by atoms with Gasteiger partial charge in [0.05, 0.1) is 0 Å². The lowest BCUT2D eigenvalue weighted by molar-refractivity contribution is 0.0661. The molecule has 2 aromatic rings. The monoisotopic (exact) mass is 322 g/mol. The summed E-state index contributed by atoms with van der Waals surface area (Å²) in [4.78, 5) is 5.42. The highest BCUT2D eigenvalue weighted by atomic mass is 15.3. The standard InChI is InChI=1S/C22H30N2/c1-18-6-4-10-21(16-18)24-14-12-23(13-15-24)17-20-9-5-8-19-7-2-3-11-22(19)20/h2-3,5,7-9,11,18,21H,4,6,10,12-17H2,1H3/t18-,21-/m0/s1. The van der Waals surface area contributed by atoms with Crippen molar-refractivity contribution in [2.45, 2.75) is 45.2 Å². The number of benzene rings is 2. The molecule has 2 fully saturated rings. The molecule has 0 bridgehead atoms. The van der Waals surface area contributed by atoms with Crippen molar-refractivity contribution in [3.8, 4) is 0 Å². The van der Waals surface area contributed by atoms with E-state index in [0.717, 1.165) is 18.5 Å². The highest BCUT2D eigenvalue weighted by Gasteiger charge is 2.27. The van der Waals surface area contributed by atoms with Crippen LogP contribution in [0, 0.1) is 5.92 Å². The molecule has 0 N–H and O–H groups in total. The number of hydrogen-bond donors (Lipinski definition) is 0. The molecular weight excluding hydrogens is 292 g/mol. The van der Waals surface area contributed by atoms with Crippen molar-refractivity contribution < 1.29 is 0 Å². The van der Waals surface area contributed by atoms with Crippen LogP contribution in [-0.2, 0) is 6.54 Å². The minimum Gasteiger partial charge on any atom is -0.298 e. The van der Waals surface area contributed by atoms with Crippen LogP contribution in [0.25, 0.3) is 10.8 Å². The van der Waals surface area contributed by atoms with Crippen molar-refractivity contribution in [2.24, 2.45) is 5.92 Å². The van der Waals surface area contributed by atoms with Gasteiger partial charge < -0.3 is 0 Å². The van der Waals surface area contributed by atoms with Gasteiger partial charge in [0.2, 0.25) is 0 Å². The Hall–Kier alpha value is -1.38. The third-order valence-electron chi connectivity index (χ3n) is 6.11. The van der Waals surface area contributed by atoms with E-state index in [1.807, 2.05) is 0 Å². The molecule has 2 atom stereocenters. The van der Waals surface area contributed by atoms with E-state index in [2.05, 4.69) is 59.2 Å². The van der Waals surface area contributed by atoms with Gasteiger partial charge in [0.15, 0.2) is 0 Å². The van der Waals surface area contributed by atoms with Gasteiger partial charge >= 0.3 is 0 Å². The fourth-order valence-electron chi connectivity index (χ4n) is 4.69. The van der Waals surface area contributed by atoms with Gasteiger partial charge in [-0.2, -0.15) is 0 Å². The molecule has 4 rings (SSSR count). The molecule has 0 aromatic heterocycles. The van der Waals surface area contributed by atoms with Gasteiger partial charge in [0.1, 0.15) is 0 Å². The molecule has 1 aliphatic heterocycles. The van der Waals surface area contributed by atoms with E-state index in [1.165, 1.54) is 68.2 Å². The third-order valence-corrected chi connectivity index (χ3v) is 6.11. The van der Waals surface area contributed by atoms with Crippen molar-refractivity contribution in [1.29, 1.82) is 0 Å². The van der Waals surface area contributed by atoms with Crippen molar-refractivity contribution in [3.05, 3.63) is 48.0 Å². The molecule has 2 aliphatic rings. The number of nitrogens with zero attached hydrogens (tertiary/aromatic N) is 2.